The summed E-state index contributed by atoms with van der Waals surface area (Å²) in [5.74, 6) is 0. The zero-order valence-electron chi connectivity index (χ0n) is 9.32. The fraction of sp³-hybridized carbons (Fsp3) is 1.00. The maximum atomic E-state index is 9.80. The van der Waals surface area contributed by atoms with Gasteiger partial charge in [0.1, 0.15) is 0 Å². The molecule has 0 aliphatic heterocycles. The molecular weight excluding hydrogens is 178 g/mol. The average Bonchev–Trinajstić information content (AvgIpc) is 2.52. The lowest BCUT2D eigenvalue weighted by Crippen LogP contribution is -2.45. The van der Waals surface area contributed by atoms with E-state index in [1.807, 2.05) is 0 Å². The maximum absolute atomic E-state index is 9.80. The molecule has 0 unspecified atom stereocenters. The van der Waals surface area contributed by atoms with Gasteiger partial charge in [-0.15, -0.1) is 0 Å². The van der Waals surface area contributed by atoms with Crippen LogP contribution in [0.4, 0.5) is 0 Å². The summed E-state index contributed by atoms with van der Waals surface area (Å²) in [6.07, 6.45) is 3.82. The third-order valence-electron chi connectivity index (χ3n) is 3.11. The number of aliphatic hydroxyl groups is 2. The lowest BCUT2D eigenvalue weighted by molar-refractivity contribution is 0.0477. The molecular formula is C11H23NO2. The Morgan fingerprint density at radius 1 is 1.36 bits per heavy atom. The van der Waals surface area contributed by atoms with Crippen LogP contribution in [-0.2, 0) is 0 Å². The highest BCUT2D eigenvalue weighted by Gasteiger charge is 2.31. The summed E-state index contributed by atoms with van der Waals surface area (Å²) in [5, 5.41) is 18.6. The first-order valence-electron chi connectivity index (χ1n) is 5.71. The van der Waals surface area contributed by atoms with Gasteiger partial charge in [-0.2, -0.15) is 0 Å². The van der Waals surface area contributed by atoms with Crippen molar-refractivity contribution < 1.29 is 10.2 Å². The lowest BCUT2D eigenvalue weighted by atomic mass is 10.1. The Kier molecular flexibility index (Phi) is 4.85. The molecule has 0 aromatic rings. The van der Waals surface area contributed by atoms with Gasteiger partial charge < -0.3 is 10.2 Å². The van der Waals surface area contributed by atoms with Gasteiger partial charge in [-0.1, -0.05) is 0 Å². The van der Waals surface area contributed by atoms with Crippen molar-refractivity contribution in [3.8, 4) is 0 Å². The molecule has 1 aliphatic rings. The van der Waals surface area contributed by atoms with Crippen LogP contribution in [0.1, 0.15) is 39.5 Å². The van der Waals surface area contributed by atoms with Gasteiger partial charge in [-0.05, 0) is 39.5 Å². The zero-order chi connectivity index (χ0) is 10.6. The van der Waals surface area contributed by atoms with Crippen molar-refractivity contribution in [2.45, 2.75) is 57.7 Å². The van der Waals surface area contributed by atoms with E-state index in [1.165, 1.54) is 0 Å². The monoisotopic (exact) mass is 201 g/mol. The Labute approximate surface area is 86.7 Å². The van der Waals surface area contributed by atoms with E-state index in [0.29, 0.717) is 12.1 Å². The molecule has 0 saturated heterocycles. The van der Waals surface area contributed by atoms with Gasteiger partial charge in [0.25, 0.3) is 0 Å². The second-order valence-electron chi connectivity index (χ2n) is 4.47. The molecule has 0 amide bonds. The van der Waals surface area contributed by atoms with Crippen molar-refractivity contribution in [3.05, 3.63) is 0 Å². The molecule has 84 valence electrons. The fourth-order valence-electron chi connectivity index (χ4n) is 2.37. The minimum atomic E-state index is -0.156. The minimum absolute atomic E-state index is 0.156. The van der Waals surface area contributed by atoms with E-state index in [9.17, 15) is 5.11 Å². The van der Waals surface area contributed by atoms with Gasteiger partial charge in [0.2, 0.25) is 0 Å². The quantitative estimate of drug-likeness (QED) is 0.697. The molecule has 2 N–H and O–H groups in total. The number of rotatable bonds is 5. The van der Waals surface area contributed by atoms with Crippen LogP contribution in [0.2, 0.25) is 0 Å². The third-order valence-corrected chi connectivity index (χ3v) is 3.11. The first kappa shape index (κ1) is 12.0. The van der Waals surface area contributed by atoms with Gasteiger partial charge >= 0.3 is 0 Å². The summed E-state index contributed by atoms with van der Waals surface area (Å²) < 4.78 is 0. The summed E-state index contributed by atoms with van der Waals surface area (Å²) in [7, 11) is 0. The molecule has 2 atom stereocenters. The molecule has 3 nitrogen and oxygen atoms in total. The Bertz CT molecular complexity index is 161. The van der Waals surface area contributed by atoms with Crippen LogP contribution in [0.5, 0.6) is 0 Å². The second-order valence-corrected chi connectivity index (χ2v) is 4.47. The Hall–Kier alpha value is -0.120. The van der Waals surface area contributed by atoms with Crippen molar-refractivity contribution in [2.24, 2.45) is 0 Å². The third kappa shape index (κ3) is 2.94. The standard InChI is InChI=1S/C11H23NO2/c1-9(2)12(7-4-8-13)10-5-3-6-11(10)14/h9-11,13-14H,3-8H2,1-2H3/t10-,11-/m0/s1. The van der Waals surface area contributed by atoms with Gasteiger partial charge in [-0.25, -0.2) is 0 Å². The summed E-state index contributed by atoms with van der Waals surface area (Å²) in [4.78, 5) is 2.33. The van der Waals surface area contributed by atoms with E-state index in [-0.39, 0.29) is 12.7 Å². The smallest absolute Gasteiger partial charge is 0.0695 e. The molecule has 1 aliphatic carbocycles. The topological polar surface area (TPSA) is 43.7 Å². The SMILES string of the molecule is CC(C)N(CCCO)[C@H]1CCC[C@@H]1O. The van der Waals surface area contributed by atoms with Gasteiger partial charge in [0.05, 0.1) is 6.10 Å². The van der Waals surface area contributed by atoms with E-state index in [2.05, 4.69) is 18.7 Å². The van der Waals surface area contributed by atoms with Gasteiger partial charge in [0, 0.05) is 25.2 Å². The zero-order valence-corrected chi connectivity index (χ0v) is 9.32. The first-order chi connectivity index (χ1) is 6.66. The maximum Gasteiger partial charge on any atom is 0.0695 e. The van der Waals surface area contributed by atoms with E-state index in [4.69, 9.17) is 5.11 Å². The number of nitrogens with zero attached hydrogens (tertiary/aromatic N) is 1. The van der Waals surface area contributed by atoms with Crippen LogP contribution >= 0.6 is 0 Å². The first-order valence-corrected chi connectivity index (χ1v) is 5.71. The molecule has 0 heterocycles. The summed E-state index contributed by atoms with van der Waals surface area (Å²) >= 11 is 0. The second kappa shape index (κ2) is 5.69. The minimum Gasteiger partial charge on any atom is -0.396 e. The van der Waals surface area contributed by atoms with Gasteiger partial charge in [-0.3, -0.25) is 4.90 Å². The molecule has 1 saturated carbocycles. The predicted octanol–water partition coefficient (Wildman–Crippen LogP) is 0.993. The molecule has 1 rings (SSSR count). The highest BCUT2D eigenvalue weighted by atomic mass is 16.3. The number of hydrogen-bond donors (Lipinski definition) is 2. The van der Waals surface area contributed by atoms with Gasteiger partial charge in [0.15, 0.2) is 0 Å². The molecule has 0 aromatic carbocycles. The van der Waals surface area contributed by atoms with Crippen molar-refractivity contribution in [1.29, 1.82) is 0 Å². The lowest BCUT2D eigenvalue weighted by Gasteiger charge is -2.34. The van der Waals surface area contributed by atoms with Crippen molar-refractivity contribution >= 4 is 0 Å². The highest BCUT2D eigenvalue weighted by molar-refractivity contribution is 4.86. The normalized spacial score (nSPS) is 27.9. The van der Waals surface area contributed by atoms with Crippen LogP contribution in [0.15, 0.2) is 0 Å². The van der Waals surface area contributed by atoms with E-state index < -0.39 is 0 Å². The van der Waals surface area contributed by atoms with Crippen molar-refractivity contribution in [3.63, 3.8) is 0 Å². The van der Waals surface area contributed by atoms with Crippen LogP contribution in [0.25, 0.3) is 0 Å². The Morgan fingerprint density at radius 2 is 2.07 bits per heavy atom. The van der Waals surface area contributed by atoms with E-state index in [1.54, 1.807) is 0 Å². The Balaban J connectivity index is 2.48. The summed E-state index contributed by atoms with van der Waals surface area (Å²) in [6, 6.07) is 0.779. The number of aliphatic hydroxyl groups excluding tert-OH is 2. The highest BCUT2D eigenvalue weighted by Crippen LogP contribution is 2.25. The van der Waals surface area contributed by atoms with E-state index >= 15 is 0 Å². The average molecular weight is 201 g/mol. The van der Waals surface area contributed by atoms with Crippen LogP contribution in [0.3, 0.4) is 0 Å². The van der Waals surface area contributed by atoms with Crippen LogP contribution in [-0.4, -0.2) is 46.5 Å². The number of hydrogen-bond acceptors (Lipinski definition) is 3. The molecule has 0 radical (unpaired) electrons. The van der Waals surface area contributed by atoms with Crippen LogP contribution < -0.4 is 0 Å². The molecule has 3 heteroatoms. The summed E-state index contributed by atoms with van der Waals surface area (Å²) in [5.41, 5.74) is 0. The Morgan fingerprint density at radius 3 is 2.50 bits per heavy atom. The molecule has 14 heavy (non-hydrogen) atoms. The van der Waals surface area contributed by atoms with Crippen LogP contribution in [0, 0.1) is 0 Å². The molecule has 1 fully saturated rings. The predicted molar refractivity (Wildman–Crippen MR) is 57.2 cm³/mol. The molecule has 0 bridgehead atoms. The van der Waals surface area contributed by atoms with E-state index in [0.717, 1.165) is 32.2 Å². The molecule has 0 spiro atoms. The van der Waals surface area contributed by atoms with Crippen molar-refractivity contribution in [2.75, 3.05) is 13.2 Å². The van der Waals surface area contributed by atoms with Crippen molar-refractivity contribution in [1.82, 2.24) is 4.90 Å². The molecule has 0 aromatic heterocycles. The summed E-state index contributed by atoms with van der Waals surface area (Å²) in [6.45, 7) is 5.45. The fourth-order valence-corrected chi connectivity index (χ4v) is 2.37. The largest absolute Gasteiger partial charge is 0.396 e.